The number of carbonyl (C=O) groups excluding carboxylic acids is 1. The van der Waals surface area contributed by atoms with Gasteiger partial charge in [-0.05, 0) is 12.8 Å². The summed E-state index contributed by atoms with van der Waals surface area (Å²) in [5.41, 5.74) is -0.0523. The van der Waals surface area contributed by atoms with Crippen LogP contribution in [0.4, 0.5) is 0 Å². The predicted molar refractivity (Wildman–Crippen MR) is 61.8 cm³/mol. The highest BCUT2D eigenvalue weighted by Crippen LogP contribution is 2.27. The molecule has 0 unspecified atom stereocenters. The molecule has 0 aliphatic heterocycles. The van der Waals surface area contributed by atoms with Crippen molar-refractivity contribution in [3.05, 3.63) is 34.2 Å². The largest absolute Gasteiger partial charge is 0.367 e. The maximum Gasteiger partial charge on any atom is 0.259 e. The van der Waals surface area contributed by atoms with E-state index in [1.807, 2.05) is 0 Å². The van der Waals surface area contributed by atoms with Gasteiger partial charge < -0.3 is 9.88 Å². The quantitative estimate of drug-likeness (QED) is 0.805. The number of hydrogen-bond donors (Lipinski definition) is 1. The zero-order valence-corrected chi connectivity index (χ0v) is 9.54. The van der Waals surface area contributed by atoms with Crippen LogP contribution in [0.25, 0.3) is 0 Å². The number of carbonyl (C=O) groups is 1. The number of aromatic amines is 1. The summed E-state index contributed by atoms with van der Waals surface area (Å²) in [6.45, 7) is 0.499. The van der Waals surface area contributed by atoms with Gasteiger partial charge in [0.1, 0.15) is 5.56 Å². The van der Waals surface area contributed by atoms with Gasteiger partial charge >= 0.3 is 0 Å². The zero-order chi connectivity index (χ0) is 11.5. The van der Waals surface area contributed by atoms with Gasteiger partial charge in [0.05, 0.1) is 0 Å². The summed E-state index contributed by atoms with van der Waals surface area (Å²) in [5.74, 6) is 0.178. The van der Waals surface area contributed by atoms with Crippen LogP contribution in [-0.2, 0) is 0 Å². The first-order valence-corrected chi connectivity index (χ1v) is 5.81. The third-order valence-corrected chi connectivity index (χ3v) is 2.80. The molecule has 0 saturated heterocycles. The molecule has 1 N–H and O–H groups in total. The van der Waals surface area contributed by atoms with E-state index in [1.54, 1.807) is 4.90 Å². The van der Waals surface area contributed by atoms with Crippen LogP contribution < -0.4 is 5.43 Å². The molecule has 1 heterocycles. The van der Waals surface area contributed by atoms with E-state index in [4.69, 9.17) is 11.6 Å². The van der Waals surface area contributed by atoms with Gasteiger partial charge in [0.25, 0.3) is 5.91 Å². The summed E-state index contributed by atoms with van der Waals surface area (Å²) in [7, 11) is 0. The fourth-order valence-electron chi connectivity index (χ4n) is 1.67. The molecule has 0 radical (unpaired) electrons. The molecule has 86 valence electrons. The molecule has 1 saturated carbocycles. The number of hydrogen-bond acceptors (Lipinski definition) is 2. The van der Waals surface area contributed by atoms with E-state index in [0.29, 0.717) is 12.4 Å². The molecule has 1 aromatic rings. The van der Waals surface area contributed by atoms with Crippen molar-refractivity contribution in [3.8, 4) is 0 Å². The number of aromatic nitrogens is 1. The van der Waals surface area contributed by atoms with Crippen LogP contribution in [-0.4, -0.2) is 34.3 Å². The van der Waals surface area contributed by atoms with Gasteiger partial charge in [-0.3, -0.25) is 9.59 Å². The molecule has 16 heavy (non-hydrogen) atoms. The Labute approximate surface area is 98.2 Å². The molecule has 0 atom stereocenters. The van der Waals surface area contributed by atoms with E-state index < -0.39 is 0 Å². The Kier molecular flexibility index (Phi) is 3.29. The van der Waals surface area contributed by atoms with Crippen molar-refractivity contribution >= 4 is 17.5 Å². The fourth-order valence-corrected chi connectivity index (χ4v) is 1.85. The summed E-state index contributed by atoms with van der Waals surface area (Å²) in [4.78, 5) is 28.0. The smallest absolute Gasteiger partial charge is 0.259 e. The van der Waals surface area contributed by atoms with Crippen molar-refractivity contribution in [2.24, 2.45) is 0 Å². The molecule has 2 rings (SSSR count). The van der Waals surface area contributed by atoms with Crippen molar-refractivity contribution in [3.63, 3.8) is 0 Å². The highest BCUT2D eigenvalue weighted by atomic mass is 35.5. The van der Waals surface area contributed by atoms with Crippen LogP contribution >= 0.6 is 11.6 Å². The van der Waals surface area contributed by atoms with E-state index in [2.05, 4.69) is 4.98 Å². The minimum atomic E-state index is -0.246. The third-order valence-electron chi connectivity index (χ3n) is 2.63. The SMILES string of the molecule is O=C(c1c[nH]ccc1=O)N(CCCl)C1CC1. The molecular formula is C11H13ClN2O2. The first-order chi connectivity index (χ1) is 7.74. The van der Waals surface area contributed by atoms with Gasteiger partial charge in [0, 0.05) is 36.9 Å². The summed E-state index contributed by atoms with van der Waals surface area (Å²) in [6, 6.07) is 1.63. The first kappa shape index (κ1) is 11.2. The molecular weight excluding hydrogens is 228 g/mol. The van der Waals surface area contributed by atoms with E-state index >= 15 is 0 Å². The van der Waals surface area contributed by atoms with Gasteiger partial charge in [0.15, 0.2) is 5.43 Å². The van der Waals surface area contributed by atoms with Crippen LogP contribution in [0, 0.1) is 0 Å². The molecule has 0 spiro atoms. The second kappa shape index (κ2) is 4.70. The fraction of sp³-hybridized carbons (Fsp3) is 0.455. The minimum Gasteiger partial charge on any atom is -0.367 e. The Bertz CT molecular complexity index is 440. The number of amides is 1. The Morgan fingerprint density at radius 2 is 2.31 bits per heavy atom. The number of pyridine rings is 1. The normalized spacial score (nSPS) is 14.8. The second-order valence-electron chi connectivity index (χ2n) is 3.84. The van der Waals surface area contributed by atoms with E-state index in [0.717, 1.165) is 12.8 Å². The summed E-state index contributed by atoms with van der Waals surface area (Å²) >= 11 is 5.66. The number of rotatable bonds is 4. The Balaban J connectivity index is 2.22. The van der Waals surface area contributed by atoms with Gasteiger partial charge in [-0.1, -0.05) is 0 Å². The second-order valence-corrected chi connectivity index (χ2v) is 4.22. The molecule has 1 aromatic heterocycles. The Morgan fingerprint density at radius 3 is 2.88 bits per heavy atom. The Morgan fingerprint density at radius 1 is 1.56 bits per heavy atom. The van der Waals surface area contributed by atoms with Crippen molar-refractivity contribution in [1.29, 1.82) is 0 Å². The summed E-state index contributed by atoms with van der Waals surface area (Å²) < 4.78 is 0. The van der Waals surface area contributed by atoms with Crippen LogP contribution in [0.15, 0.2) is 23.3 Å². The highest BCUT2D eigenvalue weighted by Gasteiger charge is 2.33. The molecule has 0 aromatic carbocycles. The van der Waals surface area contributed by atoms with E-state index in [9.17, 15) is 9.59 Å². The summed E-state index contributed by atoms with van der Waals surface area (Å²) in [5, 5.41) is 0. The van der Waals surface area contributed by atoms with Crippen LogP contribution in [0.3, 0.4) is 0 Å². The number of alkyl halides is 1. The number of H-pyrrole nitrogens is 1. The lowest BCUT2D eigenvalue weighted by molar-refractivity contribution is 0.0752. The van der Waals surface area contributed by atoms with Gasteiger partial charge in [0.2, 0.25) is 0 Å². The van der Waals surface area contributed by atoms with Gasteiger partial charge in [-0.25, -0.2) is 0 Å². The average Bonchev–Trinajstić information content (AvgIpc) is 3.09. The number of halogens is 1. The molecule has 1 amide bonds. The van der Waals surface area contributed by atoms with Crippen molar-refractivity contribution in [2.45, 2.75) is 18.9 Å². The van der Waals surface area contributed by atoms with Crippen molar-refractivity contribution in [1.82, 2.24) is 9.88 Å². The molecule has 0 bridgehead atoms. The molecule has 1 aliphatic carbocycles. The lowest BCUT2D eigenvalue weighted by Gasteiger charge is -2.20. The van der Waals surface area contributed by atoms with Crippen LogP contribution in [0.5, 0.6) is 0 Å². The lowest BCUT2D eigenvalue weighted by Crippen LogP contribution is -2.37. The van der Waals surface area contributed by atoms with Crippen LogP contribution in [0.2, 0.25) is 0 Å². The third kappa shape index (κ3) is 2.27. The average molecular weight is 241 g/mol. The van der Waals surface area contributed by atoms with E-state index in [-0.39, 0.29) is 22.9 Å². The maximum absolute atomic E-state index is 12.1. The molecule has 1 fully saturated rings. The standard InChI is InChI=1S/C11H13ClN2O2/c12-4-6-14(8-1-2-8)11(16)9-7-13-5-3-10(9)15/h3,5,7-8H,1-2,4,6H2,(H,13,15). The van der Waals surface area contributed by atoms with Crippen LogP contribution in [0.1, 0.15) is 23.2 Å². The maximum atomic E-state index is 12.1. The first-order valence-electron chi connectivity index (χ1n) is 5.28. The molecule has 4 nitrogen and oxygen atoms in total. The Hall–Kier alpha value is -1.29. The summed E-state index contributed by atoms with van der Waals surface area (Å²) in [6.07, 6.45) is 4.98. The lowest BCUT2D eigenvalue weighted by atomic mass is 10.2. The molecule has 5 heteroatoms. The monoisotopic (exact) mass is 240 g/mol. The van der Waals surface area contributed by atoms with Crippen molar-refractivity contribution in [2.75, 3.05) is 12.4 Å². The van der Waals surface area contributed by atoms with E-state index in [1.165, 1.54) is 18.5 Å². The minimum absolute atomic E-state index is 0.194. The zero-order valence-electron chi connectivity index (χ0n) is 8.78. The topological polar surface area (TPSA) is 53.2 Å². The highest BCUT2D eigenvalue weighted by molar-refractivity contribution is 6.18. The number of nitrogens with zero attached hydrogens (tertiary/aromatic N) is 1. The number of nitrogens with one attached hydrogen (secondary N) is 1. The molecule has 1 aliphatic rings. The van der Waals surface area contributed by atoms with Crippen molar-refractivity contribution < 1.29 is 4.79 Å². The predicted octanol–water partition coefficient (Wildman–Crippen LogP) is 1.22. The van der Waals surface area contributed by atoms with Gasteiger partial charge in [-0.15, -0.1) is 11.6 Å². The van der Waals surface area contributed by atoms with Gasteiger partial charge in [-0.2, -0.15) is 0 Å².